The zero-order valence-corrected chi connectivity index (χ0v) is 12.5. The van der Waals surface area contributed by atoms with E-state index >= 15 is 0 Å². The lowest BCUT2D eigenvalue weighted by Crippen LogP contribution is -2.23. The number of hydrogen-bond acceptors (Lipinski definition) is 4. The summed E-state index contributed by atoms with van der Waals surface area (Å²) in [6.07, 6.45) is 2.57. The predicted molar refractivity (Wildman–Crippen MR) is 84.9 cm³/mol. The molecule has 1 heterocycles. The molecule has 22 heavy (non-hydrogen) atoms. The Bertz CT molecular complexity index is 707. The summed E-state index contributed by atoms with van der Waals surface area (Å²) in [6, 6.07) is 5.93. The van der Waals surface area contributed by atoms with E-state index in [2.05, 4.69) is 15.4 Å². The van der Waals surface area contributed by atoms with Crippen LogP contribution in [0, 0.1) is 24.0 Å². The number of rotatable bonds is 5. The molecule has 2 rings (SSSR count). The maximum atomic E-state index is 10.5. The first-order valence-electron chi connectivity index (χ1n) is 6.77. The lowest BCUT2D eigenvalue weighted by Gasteiger charge is -2.08. The van der Waals surface area contributed by atoms with E-state index in [0.29, 0.717) is 19.0 Å². The smallest absolute Gasteiger partial charge is 0.306 e. The highest BCUT2D eigenvalue weighted by atomic mass is 16.6. The van der Waals surface area contributed by atoms with Crippen molar-refractivity contribution in [2.45, 2.75) is 20.4 Å². The van der Waals surface area contributed by atoms with Gasteiger partial charge in [0, 0.05) is 5.69 Å². The average Bonchev–Trinajstić information content (AvgIpc) is 2.92. The number of aromatic nitrogens is 2. The van der Waals surface area contributed by atoms with Crippen LogP contribution in [-0.4, -0.2) is 27.2 Å². The standard InChI is InChI=1S/C14H18N6O2/c1-10-3-4-12(7-11(10)2)18-14(15)16-5-6-19-9-13(8-17-19)20(21)22/h3-4,7-9H,5-6H2,1-2H3,(H3,15,16,18). The number of nitrogens with two attached hydrogens (primary N) is 1. The summed E-state index contributed by atoms with van der Waals surface area (Å²) in [4.78, 5) is 14.2. The van der Waals surface area contributed by atoms with Gasteiger partial charge in [-0.2, -0.15) is 5.10 Å². The van der Waals surface area contributed by atoms with Gasteiger partial charge in [-0.1, -0.05) is 6.07 Å². The van der Waals surface area contributed by atoms with Gasteiger partial charge >= 0.3 is 5.69 Å². The first-order valence-corrected chi connectivity index (χ1v) is 6.77. The first-order chi connectivity index (χ1) is 10.5. The summed E-state index contributed by atoms with van der Waals surface area (Å²) < 4.78 is 1.46. The van der Waals surface area contributed by atoms with Gasteiger partial charge in [0.15, 0.2) is 5.96 Å². The fraction of sp³-hybridized carbons (Fsp3) is 0.286. The predicted octanol–water partition coefficient (Wildman–Crippen LogP) is 1.83. The summed E-state index contributed by atoms with van der Waals surface area (Å²) >= 11 is 0. The van der Waals surface area contributed by atoms with Gasteiger partial charge in [-0.15, -0.1) is 0 Å². The van der Waals surface area contributed by atoms with Crippen LogP contribution < -0.4 is 11.1 Å². The first kappa shape index (κ1) is 15.5. The van der Waals surface area contributed by atoms with Crippen molar-refractivity contribution in [2.75, 3.05) is 11.9 Å². The maximum Gasteiger partial charge on any atom is 0.306 e. The van der Waals surface area contributed by atoms with E-state index in [1.54, 1.807) is 0 Å². The Morgan fingerprint density at radius 1 is 1.45 bits per heavy atom. The van der Waals surface area contributed by atoms with Crippen molar-refractivity contribution < 1.29 is 4.92 Å². The van der Waals surface area contributed by atoms with Crippen molar-refractivity contribution in [3.63, 3.8) is 0 Å². The molecule has 0 atom stereocenters. The molecule has 8 heteroatoms. The van der Waals surface area contributed by atoms with Crippen LogP contribution in [0.25, 0.3) is 0 Å². The van der Waals surface area contributed by atoms with Crippen LogP contribution in [0.2, 0.25) is 0 Å². The van der Waals surface area contributed by atoms with E-state index in [-0.39, 0.29) is 5.69 Å². The summed E-state index contributed by atoms with van der Waals surface area (Å²) in [5.41, 5.74) is 9.03. The number of aliphatic imine (C=N–C) groups is 1. The van der Waals surface area contributed by atoms with Crippen LogP contribution in [0.4, 0.5) is 11.4 Å². The van der Waals surface area contributed by atoms with Crippen LogP contribution in [0.3, 0.4) is 0 Å². The number of nitro groups is 1. The van der Waals surface area contributed by atoms with Crippen molar-refractivity contribution in [1.82, 2.24) is 9.78 Å². The number of nitrogens with one attached hydrogen (secondary N) is 1. The molecule has 0 fully saturated rings. The van der Waals surface area contributed by atoms with Gasteiger partial charge in [0.1, 0.15) is 12.4 Å². The third-order valence-corrected chi connectivity index (χ3v) is 3.22. The molecule has 0 saturated heterocycles. The van der Waals surface area contributed by atoms with Gasteiger partial charge < -0.3 is 11.1 Å². The van der Waals surface area contributed by atoms with Crippen molar-refractivity contribution in [2.24, 2.45) is 10.7 Å². The number of nitrogens with zero attached hydrogens (tertiary/aromatic N) is 4. The largest absolute Gasteiger partial charge is 0.370 e. The molecule has 0 spiro atoms. The van der Waals surface area contributed by atoms with Gasteiger partial charge in [0.2, 0.25) is 0 Å². The maximum absolute atomic E-state index is 10.5. The molecule has 2 aromatic rings. The van der Waals surface area contributed by atoms with E-state index in [4.69, 9.17) is 5.73 Å². The Kier molecular flexibility index (Phi) is 4.72. The molecule has 116 valence electrons. The second-order valence-corrected chi connectivity index (χ2v) is 4.91. The molecule has 0 aliphatic heterocycles. The third kappa shape index (κ3) is 4.05. The molecule has 0 amide bonds. The minimum atomic E-state index is -0.484. The van der Waals surface area contributed by atoms with Crippen LogP contribution in [0.5, 0.6) is 0 Å². The Hall–Kier alpha value is -2.90. The van der Waals surface area contributed by atoms with Gasteiger partial charge in [-0.05, 0) is 37.1 Å². The van der Waals surface area contributed by atoms with Gasteiger partial charge in [0.25, 0.3) is 0 Å². The van der Waals surface area contributed by atoms with E-state index in [9.17, 15) is 10.1 Å². The second-order valence-electron chi connectivity index (χ2n) is 4.91. The summed E-state index contributed by atoms with van der Waals surface area (Å²) in [5.74, 6) is 0.296. The minimum absolute atomic E-state index is 0.0368. The summed E-state index contributed by atoms with van der Waals surface area (Å²) in [5, 5.41) is 17.4. The van der Waals surface area contributed by atoms with Crippen LogP contribution in [-0.2, 0) is 6.54 Å². The second kappa shape index (κ2) is 6.70. The number of aryl methyl sites for hydroxylation is 2. The SMILES string of the molecule is Cc1ccc(NC(N)=NCCn2cc([N+](=O)[O-])cn2)cc1C. The molecule has 0 aliphatic rings. The van der Waals surface area contributed by atoms with Crippen molar-refractivity contribution in [1.29, 1.82) is 0 Å². The fourth-order valence-corrected chi connectivity index (χ4v) is 1.85. The van der Waals surface area contributed by atoms with Crippen LogP contribution in [0.15, 0.2) is 35.6 Å². The van der Waals surface area contributed by atoms with Crippen molar-refractivity contribution in [3.05, 3.63) is 51.8 Å². The zero-order valence-electron chi connectivity index (χ0n) is 12.5. The Morgan fingerprint density at radius 2 is 2.23 bits per heavy atom. The highest BCUT2D eigenvalue weighted by Gasteiger charge is 2.07. The molecule has 8 nitrogen and oxygen atoms in total. The summed E-state index contributed by atoms with van der Waals surface area (Å²) in [7, 11) is 0. The third-order valence-electron chi connectivity index (χ3n) is 3.22. The highest BCUT2D eigenvalue weighted by molar-refractivity contribution is 5.92. The van der Waals surface area contributed by atoms with Gasteiger partial charge in [0.05, 0.1) is 18.0 Å². The molecule has 0 saturated carbocycles. The number of hydrogen-bond donors (Lipinski definition) is 2. The van der Waals surface area contributed by atoms with E-state index in [1.165, 1.54) is 28.2 Å². The Balaban J connectivity index is 1.89. The molecular formula is C14H18N6O2. The number of anilines is 1. The number of guanidine groups is 1. The normalized spacial score (nSPS) is 11.5. The zero-order chi connectivity index (χ0) is 16.1. The van der Waals surface area contributed by atoms with Crippen molar-refractivity contribution in [3.8, 4) is 0 Å². The van der Waals surface area contributed by atoms with Crippen molar-refractivity contribution >= 4 is 17.3 Å². The topological polar surface area (TPSA) is 111 Å². The molecule has 1 aromatic carbocycles. The quantitative estimate of drug-likeness (QED) is 0.379. The Morgan fingerprint density at radius 3 is 2.86 bits per heavy atom. The monoisotopic (exact) mass is 302 g/mol. The minimum Gasteiger partial charge on any atom is -0.370 e. The molecule has 0 unspecified atom stereocenters. The van der Waals surface area contributed by atoms with E-state index in [1.807, 2.05) is 32.0 Å². The molecular weight excluding hydrogens is 284 g/mol. The number of benzene rings is 1. The van der Waals surface area contributed by atoms with Gasteiger partial charge in [-0.25, -0.2) is 0 Å². The highest BCUT2D eigenvalue weighted by Crippen LogP contribution is 2.13. The van der Waals surface area contributed by atoms with Crippen LogP contribution >= 0.6 is 0 Å². The molecule has 0 radical (unpaired) electrons. The van der Waals surface area contributed by atoms with Gasteiger partial charge in [-0.3, -0.25) is 19.8 Å². The van der Waals surface area contributed by atoms with E-state index < -0.39 is 4.92 Å². The molecule has 1 aromatic heterocycles. The lowest BCUT2D eigenvalue weighted by molar-refractivity contribution is -0.385. The van der Waals surface area contributed by atoms with Crippen LogP contribution in [0.1, 0.15) is 11.1 Å². The molecule has 0 aliphatic carbocycles. The van der Waals surface area contributed by atoms with E-state index in [0.717, 1.165) is 5.69 Å². The molecule has 0 bridgehead atoms. The summed E-state index contributed by atoms with van der Waals surface area (Å²) in [6.45, 7) is 4.87. The lowest BCUT2D eigenvalue weighted by atomic mass is 10.1. The Labute approximate surface area is 127 Å². The molecule has 3 N–H and O–H groups in total. The average molecular weight is 302 g/mol. The fourth-order valence-electron chi connectivity index (χ4n) is 1.85.